The van der Waals surface area contributed by atoms with Gasteiger partial charge in [-0.25, -0.2) is 4.98 Å². The number of hydrogen-bond donors (Lipinski definition) is 3. The molecule has 0 radical (unpaired) electrons. The second-order valence-electron chi connectivity index (χ2n) is 5.21. The molecule has 22 heavy (non-hydrogen) atoms. The molecule has 0 aliphatic rings. The molecule has 0 saturated heterocycles. The number of aromatic amines is 1. The minimum atomic E-state index is -0.0482. The van der Waals surface area contributed by atoms with Crippen molar-refractivity contribution in [3.8, 4) is 11.1 Å². The Morgan fingerprint density at radius 1 is 1.32 bits per heavy atom. The van der Waals surface area contributed by atoms with E-state index in [-0.39, 0.29) is 12.3 Å². The predicted molar refractivity (Wildman–Crippen MR) is 86.2 cm³/mol. The Morgan fingerprint density at radius 3 is 2.86 bits per heavy atom. The number of anilines is 1. The zero-order valence-corrected chi connectivity index (χ0v) is 12.5. The first-order valence-electron chi connectivity index (χ1n) is 6.98. The van der Waals surface area contributed by atoms with E-state index in [0.29, 0.717) is 5.82 Å². The van der Waals surface area contributed by atoms with E-state index in [1.165, 1.54) is 0 Å². The number of carbonyl (C=O) groups is 1. The van der Waals surface area contributed by atoms with Crippen LogP contribution in [0.25, 0.3) is 22.0 Å². The number of fused-ring (bicyclic) bond motifs is 1. The van der Waals surface area contributed by atoms with Crippen molar-refractivity contribution in [2.24, 2.45) is 0 Å². The summed E-state index contributed by atoms with van der Waals surface area (Å²) in [6.07, 6.45) is 2.04. The summed E-state index contributed by atoms with van der Waals surface area (Å²) in [4.78, 5) is 15.7. The third-order valence-electron chi connectivity index (χ3n) is 3.70. The lowest BCUT2D eigenvalue weighted by atomic mass is 10.0. The molecule has 3 aromatic rings. The first-order chi connectivity index (χ1) is 10.6. The van der Waals surface area contributed by atoms with Crippen molar-refractivity contribution in [1.82, 2.24) is 20.5 Å². The standard InChI is InChI=1S/C16H17N5O/c1-9-5-11(8-19-16(9)17)10-3-4-12-13(6-10)20-21-14(12)7-15(22)18-2/h3-6,8H,7H2,1-2H3,(H2,17,19)(H,18,22)(H,20,21). The van der Waals surface area contributed by atoms with Crippen LogP contribution >= 0.6 is 0 Å². The summed E-state index contributed by atoms with van der Waals surface area (Å²) in [6.45, 7) is 1.93. The van der Waals surface area contributed by atoms with Crippen LogP contribution in [0.2, 0.25) is 0 Å². The number of amides is 1. The van der Waals surface area contributed by atoms with Gasteiger partial charge in [0.25, 0.3) is 0 Å². The molecule has 1 amide bonds. The van der Waals surface area contributed by atoms with Gasteiger partial charge >= 0.3 is 0 Å². The van der Waals surface area contributed by atoms with Crippen LogP contribution in [-0.4, -0.2) is 28.1 Å². The number of nitrogen functional groups attached to an aromatic ring is 1. The van der Waals surface area contributed by atoms with Crippen molar-refractivity contribution in [2.45, 2.75) is 13.3 Å². The largest absolute Gasteiger partial charge is 0.383 e. The second-order valence-corrected chi connectivity index (χ2v) is 5.21. The molecule has 0 spiro atoms. The molecule has 6 nitrogen and oxygen atoms in total. The number of aryl methyl sites for hydroxylation is 1. The minimum Gasteiger partial charge on any atom is -0.383 e. The highest BCUT2D eigenvalue weighted by Crippen LogP contribution is 2.26. The number of hydrogen-bond acceptors (Lipinski definition) is 4. The number of nitrogens with two attached hydrogens (primary N) is 1. The van der Waals surface area contributed by atoms with Crippen molar-refractivity contribution in [2.75, 3.05) is 12.8 Å². The molecule has 0 bridgehead atoms. The summed E-state index contributed by atoms with van der Waals surface area (Å²) in [5, 5.41) is 10.8. The smallest absolute Gasteiger partial charge is 0.225 e. The van der Waals surface area contributed by atoms with Crippen molar-refractivity contribution < 1.29 is 4.79 Å². The SMILES string of the molecule is CNC(=O)Cc1[nH]nc2cc(-c3cnc(N)c(C)c3)ccc12. The first-order valence-corrected chi connectivity index (χ1v) is 6.98. The maximum absolute atomic E-state index is 11.5. The highest BCUT2D eigenvalue weighted by atomic mass is 16.1. The Morgan fingerprint density at radius 2 is 2.14 bits per heavy atom. The summed E-state index contributed by atoms with van der Waals surface area (Å²) >= 11 is 0. The van der Waals surface area contributed by atoms with Crippen LogP contribution in [0.5, 0.6) is 0 Å². The molecular weight excluding hydrogens is 278 g/mol. The molecule has 2 heterocycles. The van der Waals surface area contributed by atoms with Crippen LogP contribution in [0.15, 0.2) is 30.5 Å². The molecule has 0 atom stereocenters. The van der Waals surface area contributed by atoms with Crippen molar-refractivity contribution in [1.29, 1.82) is 0 Å². The Labute approximate surface area is 127 Å². The molecule has 4 N–H and O–H groups in total. The summed E-state index contributed by atoms with van der Waals surface area (Å²) in [6, 6.07) is 7.95. The fraction of sp³-hybridized carbons (Fsp3) is 0.188. The van der Waals surface area contributed by atoms with Gasteiger partial charge in [-0.2, -0.15) is 5.10 Å². The molecule has 0 aliphatic carbocycles. The highest BCUT2D eigenvalue weighted by Gasteiger charge is 2.10. The quantitative estimate of drug-likeness (QED) is 0.686. The Bertz CT molecular complexity index is 853. The summed E-state index contributed by atoms with van der Waals surface area (Å²) < 4.78 is 0. The van der Waals surface area contributed by atoms with Gasteiger partial charge in [0, 0.05) is 24.2 Å². The maximum Gasteiger partial charge on any atom is 0.225 e. The Hall–Kier alpha value is -2.89. The molecule has 3 rings (SSSR count). The van der Waals surface area contributed by atoms with Crippen LogP contribution in [0.4, 0.5) is 5.82 Å². The van der Waals surface area contributed by atoms with E-state index < -0.39 is 0 Å². The molecule has 1 aromatic carbocycles. The topological polar surface area (TPSA) is 96.7 Å². The normalized spacial score (nSPS) is 10.8. The molecule has 6 heteroatoms. The highest BCUT2D eigenvalue weighted by molar-refractivity contribution is 5.89. The van der Waals surface area contributed by atoms with Gasteiger partial charge in [-0.05, 0) is 30.2 Å². The van der Waals surface area contributed by atoms with E-state index >= 15 is 0 Å². The van der Waals surface area contributed by atoms with Crippen LogP contribution in [0, 0.1) is 6.92 Å². The van der Waals surface area contributed by atoms with E-state index in [1.54, 1.807) is 13.2 Å². The average Bonchev–Trinajstić information content (AvgIpc) is 2.92. The molecule has 0 aliphatic heterocycles. The Balaban J connectivity index is 2.00. The van der Waals surface area contributed by atoms with Gasteiger partial charge in [-0.3, -0.25) is 9.89 Å². The van der Waals surface area contributed by atoms with Gasteiger partial charge in [0.15, 0.2) is 0 Å². The van der Waals surface area contributed by atoms with Crippen LogP contribution in [-0.2, 0) is 11.2 Å². The van der Waals surface area contributed by atoms with E-state index in [0.717, 1.165) is 33.3 Å². The van der Waals surface area contributed by atoms with E-state index in [2.05, 4.69) is 20.5 Å². The third-order valence-corrected chi connectivity index (χ3v) is 3.70. The molecule has 0 unspecified atom stereocenters. The number of carbonyl (C=O) groups excluding carboxylic acids is 1. The number of pyridine rings is 1. The molecule has 2 aromatic heterocycles. The fourth-order valence-corrected chi connectivity index (χ4v) is 2.37. The van der Waals surface area contributed by atoms with Crippen LogP contribution < -0.4 is 11.1 Å². The maximum atomic E-state index is 11.5. The number of rotatable bonds is 3. The van der Waals surface area contributed by atoms with Gasteiger partial charge < -0.3 is 11.1 Å². The second kappa shape index (κ2) is 5.48. The fourth-order valence-electron chi connectivity index (χ4n) is 2.37. The van der Waals surface area contributed by atoms with Gasteiger partial charge in [-0.1, -0.05) is 12.1 Å². The molecule has 0 fully saturated rings. The average molecular weight is 295 g/mol. The molecule has 112 valence electrons. The molecular formula is C16H17N5O. The zero-order valence-electron chi connectivity index (χ0n) is 12.5. The molecule has 0 saturated carbocycles. The number of H-pyrrole nitrogens is 1. The lowest BCUT2D eigenvalue weighted by Crippen LogP contribution is -2.20. The zero-order chi connectivity index (χ0) is 15.7. The van der Waals surface area contributed by atoms with Gasteiger partial charge in [0.1, 0.15) is 5.82 Å². The van der Waals surface area contributed by atoms with Gasteiger partial charge in [0.05, 0.1) is 17.6 Å². The Kier molecular flexibility index (Phi) is 3.50. The summed E-state index contributed by atoms with van der Waals surface area (Å²) in [5.74, 6) is 0.491. The number of benzene rings is 1. The van der Waals surface area contributed by atoms with Gasteiger partial charge in [0.2, 0.25) is 5.91 Å². The lowest BCUT2D eigenvalue weighted by molar-refractivity contribution is -0.119. The van der Waals surface area contributed by atoms with Crippen molar-refractivity contribution in [3.05, 3.63) is 41.7 Å². The monoisotopic (exact) mass is 295 g/mol. The third kappa shape index (κ3) is 2.50. The van der Waals surface area contributed by atoms with Crippen LogP contribution in [0.1, 0.15) is 11.3 Å². The van der Waals surface area contributed by atoms with Crippen LogP contribution in [0.3, 0.4) is 0 Å². The van der Waals surface area contributed by atoms with E-state index in [1.807, 2.05) is 31.2 Å². The lowest BCUT2D eigenvalue weighted by Gasteiger charge is -2.05. The number of nitrogens with zero attached hydrogens (tertiary/aromatic N) is 2. The number of nitrogens with one attached hydrogen (secondary N) is 2. The predicted octanol–water partition coefficient (Wildman–Crippen LogP) is 1.80. The number of likely N-dealkylation sites (N-methyl/N-ethyl adjacent to an activating group) is 1. The van der Waals surface area contributed by atoms with Crippen molar-refractivity contribution >= 4 is 22.6 Å². The van der Waals surface area contributed by atoms with E-state index in [4.69, 9.17) is 5.73 Å². The number of aromatic nitrogens is 3. The van der Waals surface area contributed by atoms with Crippen molar-refractivity contribution in [3.63, 3.8) is 0 Å². The summed E-state index contributed by atoms with van der Waals surface area (Å²) in [7, 11) is 1.62. The first kappa shape index (κ1) is 14.1. The van der Waals surface area contributed by atoms with Gasteiger partial charge in [-0.15, -0.1) is 0 Å². The van der Waals surface area contributed by atoms with E-state index in [9.17, 15) is 4.79 Å². The minimum absolute atomic E-state index is 0.0482. The summed E-state index contributed by atoms with van der Waals surface area (Å²) in [5.41, 5.74) is 10.3.